The van der Waals surface area contributed by atoms with Crippen molar-refractivity contribution in [1.29, 1.82) is 0 Å². The number of halogens is 3. The van der Waals surface area contributed by atoms with E-state index in [0.717, 1.165) is 12.1 Å². The molecular formula is C10H12F3NO. The van der Waals surface area contributed by atoms with Crippen LogP contribution in [0.5, 0.6) is 0 Å². The molecule has 84 valence electrons. The first-order valence-electron chi connectivity index (χ1n) is 4.56. The fourth-order valence-electron chi connectivity index (χ4n) is 1.26. The fraction of sp³-hybridized carbons (Fsp3) is 0.400. The highest BCUT2D eigenvalue weighted by Crippen LogP contribution is 2.23. The number of aliphatic hydroxyl groups excluding tert-OH is 1. The van der Waals surface area contributed by atoms with Crippen LogP contribution < -0.4 is 5.73 Å². The van der Waals surface area contributed by atoms with Crippen LogP contribution in [-0.4, -0.2) is 11.2 Å². The average Bonchev–Trinajstić information content (AvgIpc) is 2.24. The molecule has 3 N–H and O–H groups in total. The van der Waals surface area contributed by atoms with Gasteiger partial charge in [-0.1, -0.05) is 13.0 Å². The molecule has 1 aromatic rings. The highest BCUT2D eigenvalue weighted by atomic mass is 19.2. The summed E-state index contributed by atoms with van der Waals surface area (Å²) in [5, 5.41) is 9.36. The number of nitrogens with two attached hydrogens (primary N) is 1. The molecule has 15 heavy (non-hydrogen) atoms. The molecule has 0 aliphatic rings. The summed E-state index contributed by atoms with van der Waals surface area (Å²) in [5.74, 6) is -4.17. The Morgan fingerprint density at radius 1 is 1.27 bits per heavy atom. The fourth-order valence-corrected chi connectivity index (χ4v) is 1.26. The van der Waals surface area contributed by atoms with E-state index in [4.69, 9.17) is 5.73 Å². The molecule has 0 spiro atoms. The Morgan fingerprint density at radius 2 is 1.87 bits per heavy atom. The predicted octanol–water partition coefficient (Wildman–Crippen LogP) is 1.87. The van der Waals surface area contributed by atoms with Crippen molar-refractivity contribution in [1.82, 2.24) is 0 Å². The van der Waals surface area contributed by atoms with Gasteiger partial charge < -0.3 is 10.8 Å². The first-order chi connectivity index (χ1) is 6.99. The van der Waals surface area contributed by atoms with E-state index in [1.807, 2.05) is 0 Å². The molecule has 2 nitrogen and oxygen atoms in total. The van der Waals surface area contributed by atoms with Gasteiger partial charge in [0.15, 0.2) is 17.5 Å². The molecule has 0 amide bonds. The Hall–Kier alpha value is -1.07. The summed E-state index contributed by atoms with van der Waals surface area (Å²) < 4.78 is 38.6. The van der Waals surface area contributed by atoms with Gasteiger partial charge in [0, 0.05) is 5.56 Å². The standard InChI is InChI=1S/C10H12F3NO/c1-2-7(15)10(14)5-3-4-6(11)9(13)8(5)12/h3-4,7,10,15H,2,14H2,1H3/t7-,10+/m0/s1. The average molecular weight is 219 g/mol. The largest absolute Gasteiger partial charge is 0.391 e. The van der Waals surface area contributed by atoms with Gasteiger partial charge in [-0.25, -0.2) is 13.2 Å². The van der Waals surface area contributed by atoms with E-state index < -0.39 is 29.6 Å². The highest BCUT2D eigenvalue weighted by molar-refractivity contribution is 5.24. The Labute approximate surface area is 85.5 Å². The van der Waals surface area contributed by atoms with Crippen molar-refractivity contribution in [3.63, 3.8) is 0 Å². The van der Waals surface area contributed by atoms with Crippen molar-refractivity contribution in [2.45, 2.75) is 25.5 Å². The van der Waals surface area contributed by atoms with Crippen LogP contribution in [0.3, 0.4) is 0 Å². The van der Waals surface area contributed by atoms with Crippen molar-refractivity contribution in [3.05, 3.63) is 35.1 Å². The third-order valence-electron chi connectivity index (χ3n) is 2.26. The van der Waals surface area contributed by atoms with Crippen LogP contribution in [0.2, 0.25) is 0 Å². The molecule has 0 radical (unpaired) electrons. The summed E-state index contributed by atoms with van der Waals surface area (Å²) in [6, 6.07) is 0.776. The molecule has 1 rings (SSSR count). The van der Waals surface area contributed by atoms with Crippen LogP contribution in [0.25, 0.3) is 0 Å². The highest BCUT2D eigenvalue weighted by Gasteiger charge is 2.22. The Morgan fingerprint density at radius 3 is 2.40 bits per heavy atom. The Bertz CT molecular complexity index is 357. The summed E-state index contributed by atoms with van der Waals surface area (Å²) in [6.07, 6.45) is -0.677. The maximum Gasteiger partial charge on any atom is 0.194 e. The molecule has 0 saturated carbocycles. The molecular weight excluding hydrogens is 207 g/mol. The van der Waals surface area contributed by atoms with Gasteiger partial charge in [-0.2, -0.15) is 0 Å². The SMILES string of the molecule is CC[C@H](O)[C@H](N)c1ccc(F)c(F)c1F. The minimum absolute atomic E-state index is 0.219. The van der Waals surface area contributed by atoms with Gasteiger partial charge in [-0.05, 0) is 12.5 Å². The number of aliphatic hydroxyl groups is 1. The van der Waals surface area contributed by atoms with Crippen molar-refractivity contribution >= 4 is 0 Å². The molecule has 1 aromatic carbocycles. The third kappa shape index (κ3) is 2.30. The topological polar surface area (TPSA) is 46.2 Å². The normalized spacial score (nSPS) is 15.1. The Kier molecular flexibility index (Phi) is 3.71. The van der Waals surface area contributed by atoms with Crippen LogP contribution in [-0.2, 0) is 0 Å². The first-order valence-corrected chi connectivity index (χ1v) is 4.56. The maximum atomic E-state index is 13.2. The minimum Gasteiger partial charge on any atom is -0.391 e. The quantitative estimate of drug-likeness (QED) is 0.762. The third-order valence-corrected chi connectivity index (χ3v) is 2.26. The van der Waals surface area contributed by atoms with E-state index in [1.165, 1.54) is 0 Å². The lowest BCUT2D eigenvalue weighted by Crippen LogP contribution is -2.26. The smallest absolute Gasteiger partial charge is 0.194 e. The van der Waals surface area contributed by atoms with Crippen LogP contribution in [0, 0.1) is 17.5 Å². The van der Waals surface area contributed by atoms with Crippen LogP contribution in [0.1, 0.15) is 24.9 Å². The van der Waals surface area contributed by atoms with Gasteiger partial charge in [0.1, 0.15) is 0 Å². The molecule has 0 aliphatic carbocycles. The van der Waals surface area contributed by atoms with Crippen molar-refractivity contribution in [2.24, 2.45) is 5.73 Å². The molecule has 0 aromatic heterocycles. The predicted molar refractivity (Wildman–Crippen MR) is 49.5 cm³/mol. The van der Waals surface area contributed by atoms with Gasteiger partial charge in [0.2, 0.25) is 0 Å². The molecule has 0 bridgehead atoms. The van der Waals surface area contributed by atoms with Gasteiger partial charge >= 0.3 is 0 Å². The van der Waals surface area contributed by atoms with E-state index in [-0.39, 0.29) is 5.56 Å². The molecule has 0 aliphatic heterocycles. The lowest BCUT2D eigenvalue weighted by Gasteiger charge is -2.18. The zero-order chi connectivity index (χ0) is 11.6. The minimum atomic E-state index is -1.56. The molecule has 5 heteroatoms. The van der Waals surface area contributed by atoms with E-state index in [2.05, 4.69) is 0 Å². The lowest BCUT2D eigenvalue weighted by atomic mass is 10.00. The molecule has 0 saturated heterocycles. The zero-order valence-electron chi connectivity index (χ0n) is 8.17. The van der Waals surface area contributed by atoms with Crippen LogP contribution in [0.4, 0.5) is 13.2 Å². The number of rotatable bonds is 3. The van der Waals surface area contributed by atoms with Gasteiger partial charge in [0.25, 0.3) is 0 Å². The molecule has 0 fully saturated rings. The summed E-state index contributed by atoms with van der Waals surface area (Å²) in [5.41, 5.74) is 5.27. The molecule has 2 atom stereocenters. The monoisotopic (exact) mass is 219 g/mol. The first kappa shape index (κ1) is 12.0. The number of hydrogen-bond acceptors (Lipinski definition) is 2. The van der Waals surface area contributed by atoms with Gasteiger partial charge in [0.05, 0.1) is 12.1 Å². The van der Waals surface area contributed by atoms with Gasteiger partial charge in [-0.3, -0.25) is 0 Å². The number of benzene rings is 1. The summed E-state index contributed by atoms with van der Waals surface area (Å²) >= 11 is 0. The summed E-state index contributed by atoms with van der Waals surface area (Å²) in [4.78, 5) is 0. The van der Waals surface area contributed by atoms with E-state index in [0.29, 0.717) is 6.42 Å². The van der Waals surface area contributed by atoms with E-state index in [9.17, 15) is 18.3 Å². The van der Waals surface area contributed by atoms with Crippen LogP contribution in [0.15, 0.2) is 12.1 Å². The zero-order valence-corrected chi connectivity index (χ0v) is 8.17. The van der Waals surface area contributed by atoms with Crippen molar-refractivity contribution < 1.29 is 18.3 Å². The number of hydrogen-bond donors (Lipinski definition) is 2. The van der Waals surface area contributed by atoms with Crippen LogP contribution >= 0.6 is 0 Å². The lowest BCUT2D eigenvalue weighted by molar-refractivity contribution is 0.138. The molecule has 0 heterocycles. The second-order valence-electron chi connectivity index (χ2n) is 3.27. The van der Waals surface area contributed by atoms with Crippen molar-refractivity contribution in [2.75, 3.05) is 0 Å². The second kappa shape index (κ2) is 4.63. The second-order valence-corrected chi connectivity index (χ2v) is 3.27. The van der Waals surface area contributed by atoms with E-state index in [1.54, 1.807) is 6.92 Å². The summed E-state index contributed by atoms with van der Waals surface area (Å²) in [7, 11) is 0. The van der Waals surface area contributed by atoms with Crippen molar-refractivity contribution in [3.8, 4) is 0 Å². The van der Waals surface area contributed by atoms with Gasteiger partial charge in [-0.15, -0.1) is 0 Å². The maximum absolute atomic E-state index is 13.2. The van der Waals surface area contributed by atoms with E-state index >= 15 is 0 Å². The molecule has 0 unspecified atom stereocenters. The summed E-state index contributed by atoms with van der Waals surface area (Å²) in [6.45, 7) is 1.66. The Balaban J connectivity index is 3.10.